The molecule has 0 radical (unpaired) electrons. The number of hydrogen-bond donors (Lipinski definition) is 1. The molecule has 0 bridgehead atoms. The highest BCUT2D eigenvalue weighted by Gasteiger charge is 2.16. The van der Waals surface area contributed by atoms with Gasteiger partial charge >= 0.3 is 0 Å². The lowest BCUT2D eigenvalue weighted by Crippen LogP contribution is -2.19. The maximum Gasteiger partial charge on any atom is 0.128 e. The van der Waals surface area contributed by atoms with E-state index in [0.29, 0.717) is 5.56 Å². The van der Waals surface area contributed by atoms with Crippen molar-refractivity contribution in [3.8, 4) is 0 Å². The Morgan fingerprint density at radius 1 is 1.05 bits per heavy atom. The van der Waals surface area contributed by atoms with E-state index in [1.807, 2.05) is 19.2 Å². The van der Waals surface area contributed by atoms with Gasteiger partial charge < -0.3 is 5.32 Å². The molecular weight excluding hydrogens is 305 g/mol. The zero-order valence-corrected chi connectivity index (χ0v) is 12.9. The van der Waals surface area contributed by atoms with E-state index in [-0.39, 0.29) is 11.9 Å². The van der Waals surface area contributed by atoms with Crippen molar-refractivity contribution in [3.05, 3.63) is 68.9 Å². The zero-order valence-electron chi connectivity index (χ0n) is 11.3. The lowest BCUT2D eigenvalue weighted by molar-refractivity contribution is 0.575. The van der Waals surface area contributed by atoms with E-state index in [2.05, 4.69) is 47.2 Å². The van der Waals surface area contributed by atoms with Gasteiger partial charge in [0.1, 0.15) is 5.82 Å². The molecule has 0 amide bonds. The lowest BCUT2D eigenvalue weighted by Gasteiger charge is -2.19. The van der Waals surface area contributed by atoms with E-state index in [0.717, 1.165) is 10.0 Å². The number of hydrogen-bond acceptors (Lipinski definition) is 1. The molecule has 2 aromatic carbocycles. The second-order valence-corrected chi connectivity index (χ2v) is 5.65. The molecule has 0 aliphatic carbocycles. The van der Waals surface area contributed by atoms with Gasteiger partial charge in [-0.2, -0.15) is 0 Å². The van der Waals surface area contributed by atoms with Gasteiger partial charge in [-0.15, -0.1) is 0 Å². The van der Waals surface area contributed by atoms with Crippen LogP contribution in [0.5, 0.6) is 0 Å². The second-order valence-electron chi connectivity index (χ2n) is 4.73. The van der Waals surface area contributed by atoms with Crippen LogP contribution >= 0.6 is 15.9 Å². The Labute approximate surface area is 122 Å². The van der Waals surface area contributed by atoms with Crippen molar-refractivity contribution in [1.29, 1.82) is 0 Å². The van der Waals surface area contributed by atoms with Gasteiger partial charge in [-0.1, -0.05) is 34.1 Å². The van der Waals surface area contributed by atoms with Crippen molar-refractivity contribution in [2.75, 3.05) is 7.05 Å². The predicted molar refractivity (Wildman–Crippen MR) is 80.9 cm³/mol. The fraction of sp³-hybridized carbons (Fsp3) is 0.250. The fourth-order valence-corrected chi connectivity index (χ4v) is 2.56. The van der Waals surface area contributed by atoms with Crippen LogP contribution in [0.1, 0.15) is 28.3 Å². The van der Waals surface area contributed by atoms with Crippen molar-refractivity contribution >= 4 is 15.9 Å². The Hall–Kier alpha value is -1.19. The second kappa shape index (κ2) is 5.85. The zero-order chi connectivity index (χ0) is 14.0. The highest BCUT2D eigenvalue weighted by Crippen LogP contribution is 2.28. The van der Waals surface area contributed by atoms with Gasteiger partial charge in [0.25, 0.3) is 0 Å². The molecular formula is C16H17BrFN. The van der Waals surface area contributed by atoms with Crippen LogP contribution in [0, 0.1) is 19.7 Å². The summed E-state index contributed by atoms with van der Waals surface area (Å²) in [6.07, 6.45) is 0. The molecule has 1 nitrogen and oxygen atoms in total. The third kappa shape index (κ3) is 3.04. The van der Waals surface area contributed by atoms with Gasteiger partial charge in [0.15, 0.2) is 0 Å². The molecule has 0 spiro atoms. The van der Waals surface area contributed by atoms with Crippen LogP contribution in [0.4, 0.5) is 4.39 Å². The summed E-state index contributed by atoms with van der Waals surface area (Å²) in [7, 11) is 1.85. The van der Waals surface area contributed by atoms with Crippen LogP contribution in [-0.2, 0) is 0 Å². The van der Waals surface area contributed by atoms with Gasteiger partial charge in [0.2, 0.25) is 0 Å². The number of nitrogens with one attached hydrogen (secondary N) is 1. The molecule has 0 saturated carbocycles. The van der Waals surface area contributed by atoms with Crippen molar-refractivity contribution in [2.45, 2.75) is 19.9 Å². The summed E-state index contributed by atoms with van der Waals surface area (Å²) in [5.74, 6) is -0.194. The normalized spacial score (nSPS) is 12.5. The molecule has 0 aliphatic rings. The molecule has 2 aromatic rings. The minimum absolute atomic E-state index is 0.142. The number of rotatable bonds is 3. The fourth-order valence-electron chi connectivity index (χ4n) is 2.18. The van der Waals surface area contributed by atoms with Gasteiger partial charge in [0, 0.05) is 10.0 Å². The topological polar surface area (TPSA) is 12.0 Å². The van der Waals surface area contributed by atoms with Crippen LogP contribution in [0.15, 0.2) is 40.9 Å². The Kier molecular flexibility index (Phi) is 4.38. The molecule has 1 unspecified atom stereocenters. The van der Waals surface area contributed by atoms with E-state index >= 15 is 0 Å². The summed E-state index contributed by atoms with van der Waals surface area (Å²) in [6.45, 7) is 4.15. The summed E-state index contributed by atoms with van der Waals surface area (Å²) < 4.78 is 14.9. The standard InChI is InChI=1S/C16H17BrFN/c1-10-4-5-12(8-11(10)2)16(19-3)14-9-13(17)6-7-15(14)18/h4-9,16,19H,1-3H3. The van der Waals surface area contributed by atoms with Gasteiger partial charge in [-0.05, 0) is 55.8 Å². The quantitative estimate of drug-likeness (QED) is 0.876. The lowest BCUT2D eigenvalue weighted by atomic mass is 9.95. The molecule has 0 fully saturated rings. The van der Waals surface area contributed by atoms with Crippen LogP contribution < -0.4 is 5.32 Å². The first-order valence-electron chi connectivity index (χ1n) is 6.22. The average Bonchev–Trinajstić information content (AvgIpc) is 2.38. The van der Waals surface area contributed by atoms with Gasteiger partial charge in [0.05, 0.1) is 6.04 Å². The third-order valence-corrected chi connectivity index (χ3v) is 3.92. The van der Waals surface area contributed by atoms with Crippen molar-refractivity contribution in [2.24, 2.45) is 0 Å². The number of halogens is 2. The largest absolute Gasteiger partial charge is 0.309 e. The summed E-state index contributed by atoms with van der Waals surface area (Å²) >= 11 is 3.40. The van der Waals surface area contributed by atoms with E-state index in [9.17, 15) is 4.39 Å². The Morgan fingerprint density at radius 3 is 2.42 bits per heavy atom. The highest BCUT2D eigenvalue weighted by molar-refractivity contribution is 9.10. The van der Waals surface area contributed by atoms with Gasteiger partial charge in [-0.3, -0.25) is 0 Å². The number of aryl methyl sites for hydroxylation is 2. The van der Waals surface area contributed by atoms with Gasteiger partial charge in [-0.25, -0.2) is 4.39 Å². The SMILES string of the molecule is CNC(c1ccc(C)c(C)c1)c1cc(Br)ccc1F. The van der Waals surface area contributed by atoms with Crippen molar-refractivity contribution < 1.29 is 4.39 Å². The maximum absolute atomic E-state index is 14.0. The molecule has 1 N–H and O–H groups in total. The average molecular weight is 322 g/mol. The molecule has 19 heavy (non-hydrogen) atoms. The smallest absolute Gasteiger partial charge is 0.128 e. The van der Waals surface area contributed by atoms with E-state index in [4.69, 9.17) is 0 Å². The van der Waals surface area contributed by atoms with Crippen LogP contribution in [-0.4, -0.2) is 7.05 Å². The Balaban J connectivity index is 2.49. The summed E-state index contributed by atoms with van der Waals surface area (Å²) in [6, 6.07) is 11.1. The van der Waals surface area contributed by atoms with E-state index < -0.39 is 0 Å². The molecule has 1 atom stereocenters. The first-order chi connectivity index (χ1) is 9.02. The van der Waals surface area contributed by atoms with Crippen LogP contribution in [0.3, 0.4) is 0 Å². The summed E-state index contributed by atoms with van der Waals surface area (Å²) in [4.78, 5) is 0. The monoisotopic (exact) mass is 321 g/mol. The predicted octanol–water partition coefficient (Wildman–Crippen LogP) is 4.51. The minimum Gasteiger partial charge on any atom is -0.309 e. The van der Waals surface area contributed by atoms with Crippen LogP contribution in [0.2, 0.25) is 0 Å². The minimum atomic E-state index is -0.194. The molecule has 0 aliphatic heterocycles. The molecule has 3 heteroatoms. The molecule has 2 rings (SSSR count). The van der Waals surface area contributed by atoms with E-state index in [1.165, 1.54) is 17.2 Å². The first kappa shape index (κ1) is 14.2. The number of benzene rings is 2. The first-order valence-corrected chi connectivity index (χ1v) is 7.01. The Bertz CT molecular complexity index is 595. The maximum atomic E-state index is 14.0. The Morgan fingerprint density at radius 2 is 1.79 bits per heavy atom. The van der Waals surface area contributed by atoms with Crippen molar-refractivity contribution in [3.63, 3.8) is 0 Å². The van der Waals surface area contributed by atoms with Crippen LogP contribution in [0.25, 0.3) is 0 Å². The van der Waals surface area contributed by atoms with E-state index in [1.54, 1.807) is 6.07 Å². The van der Waals surface area contributed by atoms with Crippen molar-refractivity contribution in [1.82, 2.24) is 5.32 Å². The molecule has 0 aromatic heterocycles. The molecule has 100 valence electrons. The molecule has 0 saturated heterocycles. The summed E-state index contributed by atoms with van der Waals surface area (Å²) in [5, 5.41) is 3.19. The third-order valence-electron chi connectivity index (χ3n) is 3.42. The molecule has 0 heterocycles. The highest BCUT2D eigenvalue weighted by atomic mass is 79.9. The summed E-state index contributed by atoms with van der Waals surface area (Å²) in [5.41, 5.74) is 4.18.